The minimum absolute atomic E-state index is 0.0791. The Balaban J connectivity index is 2.22. The van der Waals surface area contributed by atoms with Gasteiger partial charge >= 0.3 is 0 Å². The molecule has 2 aromatic carbocycles. The topological polar surface area (TPSA) is 96.0 Å². The first-order valence-corrected chi connectivity index (χ1v) is 15.0. The van der Waals surface area contributed by atoms with E-state index >= 15 is 0 Å². The first kappa shape index (κ1) is 31.4. The van der Waals surface area contributed by atoms with E-state index in [1.54, 1.807) is 17.0 Å². The molecule has 38 heavy (non-hydrogen) atoms. The lowest BCUT2D eigenvalue weighted by Gasteiger charge is -2.31. The number of carbonyl (C=O) groups is 2. The van der Waals surface area contributed by atoms with Crippen LogP contribution in [0.3, 0.4) is 0 Å². The van der Waals surface area contributed by atoms with Gasteiger partial charge in [-0.1, -0.05) is 62.2 Å². The Morgan fingerprint density at radius 3 is 2.29 bits per heavy atom. The monoisotopic (exact) mass is 565 g/mol. The van der Waals surface area contributed by atoms with Crippen LogP contribution in [-0.4, -0.2) is 57.6 Å². The number of carbonyl (C=O) groups excluding carboxylic acids is 2. The van der Waals surface area contributed by atoms with Crippen LogP contribution in [0.4, 0.5) is 5.69 Å². The molecular formula is C28H40ClN3O5S. The van der Waals surface area contributed by atoms with Crippen molar-refractivity contribution in [2.75, 3.05) is 30.8 Å². The molecular weight excluding hydrogens is 526 g/mol. The van der Waals surface area contributed by atoms with Crippen molar-refractivity contribution in [3.63, 3.8) is 0 Å². The summed E-state index contributed by atoms with van der Waals surface area (Å²) in [6.07, 6.45) is 1.92. The van der Waals surface area contributed by atoms with Crippen molar-refractivity contribution in [3.8, 4) is 5.75 Å². The van der Waals surface area contributed by atoms with Crippen LogP contribution in [0.25, 0.3) is 0 Å². The van der Waals surface area contributed by atoms with E-state index in [0.717, 1.165) is 17.4 Å². The van der Waals surface area contributed by atoms with Crippen LogP contribution >= 0.6 is 11.6 Å². The summed E-state index contributed by atoms with van der Waals surface area (Å²) in [4.78, 5) is 28.1. The maximum absolute atomic E-state index is 13.5. The van der Waals surface area contributed by atoms with Gasteiger partial charge < -0.3 is 15.0 Å². The lowest BCUT2D eigenvalue weighted by atomic mass is 10.1. The van der Waals surface area contributed by atoms with Crippen molar-refractivity contribution < 1.29 is 22.7 Å². The van der Waals surface area contributed by atoms with E-state index in [2.05, 4.69) is 5.32 Å². The van der Waals surface area contributed by atoms with Gasteiger partial charge in [-0.2, -0.15) is 0 Å². The maximum Gasteiger partial charge on any atom is 0.242 e. The summed E-state index contributed by atoms with van der Waals surface area (Å²) in [7, 11) is -2.15. The molecule has 0 unspecified atom stereocenters. The highest BCUT2D eigenvalue weighted by atomic mass is 35.5. The van der Waals surface area contributed by atoms with E-state index in [1.807, 2.05) is 52.0 Å². The standard InChI is InChI=1S/C28H40ClN3O5S/c1-7-25(28(34)30-18-20(2)3)31(19-22-12-10-21(4)11-13-22)27(33)9-8-16-32(38(6,35)36)23-14-15-26(37-5)24(29)17-23/h10-15,17,20,25H,7-9,16,18-19H2,1-6H3,(H,30,34)/t25-/m0/s1. The number of aryl methyl sites for hydroxylation is 1. The molecule has 0 spiro atoms. The predicted molar refractivity (Wildman–Crippen MR) is 153 cm³/mol. The fourth-order valence-electron chi connectivity index (χ4n) is 4.05. The molecule has 0 fully saturated rings. The van der Waals surface area contributed by atoms with Gasteiger partial charge in [-0.15, -0.1) is 0 Å². The minimum atomic E-state index is -3.63. The molecule has 0 aromatic heterocycles. The molecule has 1 N–H and O–H groups in total. The smallest absolute Gasteiger partial charge is 0.242 e. The van der Waals surface area contributed by atoms with E-state index in [9.17, 15) is 18.0 Å². The second-order valence-electron chi connectivity index (χ2n) is 9.83. The quantitative estimate of drug-likeness (QED) is 0.355. The van der Waals surface area contributed by atoms with Crippen molar-refractivity contribution in [1.29, 1.82) is 0 Å². The second kappa shape index (κ2) is 14.4. The molecule has 0 aliphatic rings. The highest BCUT2D eigenvalue weighted by molar-refractivity contribution is 7.92. The maximum atomic E-state index is 13.5. The zero-order chi connectivity index (χ0) is 28.5. The van der Waals surface area contributed by atoms with Crippen LogP contribution in [0, 0.1) is 12.8 Å². The second-order valence-corrected chi connectivity index (χ2v) is 12.1. The number of rotatable bonds is 14. The lowest BCUT2D eigenvalue weighted by molar-refractivity contribution is -0.141. The number of hydrogen-bond donors (Lipinski definition) is 1. The van der Waals surface area contributed by atoms with E-state index in [1.165, 1.54) is 17.5 Å². The number of benzene rings is 2. The number of anilines is 1. The molecule has 0 aliphatic heterocycles. The third-order valence-corrected chi connectivity index (χ3v) is 7.61. The third-order valence-electron chi connectivity index (χ3n) is 6.12. The van der Waals surface area contributed by atoms with Crippen LogP contribution in [0.5, 0.6) is 5.75 Å². The molecule has 0 bridgehead atoms. The average Bonchev–Trinajstić information content (AvgIpc) is 2.85. The third kappa shape index (κ3) is 9.20. The Morgan fingerprint density at radius 1 is 1.11 bits per heavy atom. The van der Waals surface area contributed by atoms with Crippen LogP contribution in [0.1, 0.15) is 51.2 Å². The number of nitrogens with zero attached hydrogens (tertiary/aromatic N) is 2. The fraction of sp³-hybridized carbons (Fsp3) is 0.500. The molecule has 2 amide bonds. The van der Waals surface area contributed by atoms with Crippen molar-refractivity contribution in [2.45, 2.75) is 59.5 Å². The van der Waals surface area contributed by atoms with E-state index < -0.39 is 16.1 Å². The van der Waals surface area contributed by atoms with Gasteiger partial charge in [0, 0.05) is 26.1 Å². The summed E-state index contributed by atoms with van der Waals surface area (Å²) < 4.78 is 31.5. The number of sulfonamides is 1. The summed E-state index contributed by atoms with van der Waals surface area (Å²) in [5, 5.41) is 3.24. The molecule has 0 aliphatic carbocycles. The molecule has 0 saturated heterocycles. The Bertz CT molecular complexity index is 1190. The summed E-state index contributed by atoms with van der Waals surface area (Å²) in [6, 6.07) is 12.0. The summed E-state index contributed by atoms with van der Waals surface area (Å²) in [5.41, 5.74) is 2.42. The van der Waals surface area contributed by atoms with Crippen molar-refractivity contribution in [2.24, 2.45) is 5.92 Å². The average molecular weight is 566 g/mol. The first-order valence-electron chi connectivity index (χ1n) is 12.8. The van der Waals surface area contributed by atoms with Gasteiger partial charge in [0.05, 0.1) is 24.1 Å². The molecule has 2 aromatic rings. The molecule has 210 valence electrons. The van der Waals surface area contributed by atoms with Gasteiger partial charge in [-0.25, -0.2) is 8.42 Å². The van der Waals surface area contributed by atoms with Crippen molar-refractivity contribution in [3.05, 3.63) is 58.6 Å². The van der Waals surface area contributed by atoms with Crippen molar-refractivity contribution >= 4 is 39.1 Å². The first-order chi connectivity index (χ1) is 17.9. The molecule has 8 nitrogen and oxygen atoms in total. The van der Waals surface area contributed by atoms with E-state index in [-0.39, 0.29) is 48.7 Å². The van der Waals surface area contributed by atoms with E-state index in [4.69, 9.17) is 16.3 Å². The normalized spacial score (nSPS) is 12.2. The summed E-state index contributed by atoms with van der Waals surface area (Å²) >= 11 is 6.22. The molecule has 0 heterocycles. The number of ether oxygens (including phenoxy) is 1. The van der Waals surface area contributed by atoms with Gasteiger partial charge in [-0.05, 0) is 49.4 Å². The SMILES string of the molecule is CC[C@@H](C(=O)NCC(C)C)N(Cc1ccc(C)cc1)C(=O)CCCN(c1ccc(OC)c(Cl)c1)S(C)(=O)=O. The Morgan fingerprint density at radius 2 is 1.76 bits per heavy atom. The zero-order valence-electron chi connectivity index (χ0n) is 23.2. The Hall–Kier alpha value is -2.78. The Labute approximate surface area is 232 Å². The van der Waals surface area contributed by atoms with Gasteiger partial charge in [-0.3, -0.25) is 13.9 Å². The highest BCUT2D eigenvalue weighted by Crippen LogP contribution is 2.30. The van der Waals surface area contributed by atoms with Gasteiger partial charge in [0.2, 0.25) is 21.8 Å². The van der Waals surface area contributed by atoms with Gasteiger partial charge in [0.15, 0.2) is 0 Å². The molecule has 0 saturated carbocycles. The summed E-state index contributed by atoms with van der Waals surface area (Å²) in [5.74, 6) is 0.323. The minimum Gasteiger partial charge on any atom is -0.495 e. The molecule has 1 atom stereocenters. The molecule has 10 heteroatoms. The van der Waals surface area contributed by atoms with Crippen LogP contribution in [0.2, 0.25) is 5.02 Å². The largest absolute Gasteiger partial charge is 0.495 e. The van der Waals surface area contributed by atoms with Crippen LogP contribution < -0.4 is 14.4 Å². The highest BCUT2D eigenvalue weighted by Gasteiger charge is 2.29. The fourth-order valence-corrected chi connectivity index (χ4v) is 5.26. The lowest BCUT2D eigenvalue weighted by Crippen LogP contribution is -2.49. The van der Waals surface area contributed by atoms with Crippen LogP contribution in [0.15, 0.2) is 42.5 Å². The number of methoxy groups -OCH3 is 1. The molecule has 2 rings (SSSR count). The van der Waals surface area contributed by atoms with E-state index in [0.29, 0.717) is 24.4 Å². The predicted octanol–water partition coefficient (Wildman–Crippen LogP) is 4.78. The van der Waals surface area contributed by atoms with Gasteiger partial charge in [0.25, 0.3) is 0 Å². The van der Waals surface area contributed by atoms with Crippen LogP contribution in [-0.2, 0) is 26.2 Å². The molecule has 0 radical (unpaired) electrons. The van der Waals surface area contributed by atoms with Gasteiger partial charge in [0.1, 0.15) is 11.8 Å². The Kier molecular flexibility index (Phi) is 11.9. The number of halogens is 1. The zero-order valence-corrected chi connectivity index (χ0v) is 24.7. The number of nitrogens with one attached hydrogen (secondary N) is 1. The summed E-state index contributed by atoms with van der Waals surface area (Å²) in [6.45, 7) is 8.80. The number of amides is 2. The van der Waals surface area contributed by atoms with Crippen molar-refractivity contribution in [1.82, 2.24) is 10.2 Å². The number of hydrogen-bond acceptors (Lipinski definition) is 5.